The molecule has 2 heterocycles. The summed E-state index contributed by atoms with van der Waals surface area (Å²) in [5.74, 6) is -1.60. The highest BCUT2D eigenvalue weighted by molar-refractivity contribution is 8.00. The Morgan fingerprint density at radius 2 is 1.94 bits per heavy atom. The van der Waals surface area contributed by atoms with E-state index in [0.29, 0.717) is 5.69 Å². The molecule has 13 nitrogen and oxygen atoms in total. The van der Waals surface area contributed by atoms with Crippen LogP contribution in [0.15, 0.2) is 33.8 Å². The van der Waals surface area contributed by atoms with Crippen molar-refractivity contribution in [3.05, 3.63) is 45.5 Å². The molecule has 33 heavy (non-hydrogen) atoms. The number of thioether (sulfide) groups is 1. The summed E-state index contributed by atoms with van der Waals surface area (Å²) in [4.78, 5) is 26.9. The first-order valence-corrected chi connectivity index (χ1v) is 9.94. The first-order chi connectivity index (χ1) is 15.7. The largest absolute Gasteiger partial charge is 0.539 e. The second-order valence-corrected chi connectivity index (χ2v) is 7.87. The van der Waals surface area contributed by atoms with Crippen LogP contribution in [0.3, 0.4) is 0 Å². The summed E-state index contributed by atoms with van der Waals surface area (Å²) in [6.07, 6.45) is 0. The van der Waals surface area contributed by atoms with Crippen molar-refractivity contribution in [1.29, 1.82) is 10.5 Å². The number of carbonyl (C=O) groups excluding carboxylic acids is 1. The maximum absolute atomic E-state index is 12.6. The van der Waals surface area contributed by atoms with Gasteiger partial charge in [-0.05, 0) is 19.1 Å². The van der Waals surface area contributed by atoms with E-state index in [-0.39, 0.29) is 38.9 Å². The van der Waals surface area contributed by atoms with Gasteiger partial charge < -0.3 is 20.7 Å². The number of rotatable bonds is 6. The van der Waals surface area contributed by atoms with Gasteiger partial charge in [0, 0.05) is 17.8 Å². The average Bonchev–Trinajstić information content (AvgIpc) is 3.11. The van der Waals surface area contributed by atoms with Crippen LogP contribution in [0.25, 0.3) is 11.3 Å². The molecule has 3 aromatic rings. The highest BCUT2D eigenvalue weighted by atomic mass is 32.2. The smallest absolute Gasteiger partial charge is 0.269 e. The van der Waals surface area contributed by atoms with Crippen molar-refractivity contribution in [2.24, 2.45) is 7.05 Å². The van der Waals surface area contributed by atoms with Crippen LogP contribution in [0.1, 0.15) is 18.1 Å². The molecule has 1 atom stereocenters. The van der Waals surface area contributed by atoms with Crippen LogP contribution in [-0.2, 0) is 11.8 Å². The molecule has 1 unspecified atom stereocenters. The lowest BCUT2D eigenvalue weighted by molar-refractivity contribution is -0.730. The molecule has 0 saturated carbocycles. The number of nitrogens with zero attached hydrogens (tertiary/aromatic N) is 6. The number of non-ortho nitro benzene ring substituents is 1. The topological polar surface area (TPSA) is 212 Å². The van der Waals surface area contributed by atoms with Crippen LogP contribution in [0.5, 0.6) is 5.95 Å². The number of nitrogen functional groups attached to an aromatic ring is 1. The van der Waals surface area contributed by atoms with Gasteiger partial charge in [0.05, 0.1) is 26.6 Å². The number of anilines is 2. The minimum Gasteiger partial charge on any atom is -0.539 e. The summed E-state index contributed by atoms with van der Waals surface area (Å²) >= 11 is 0.881. The minimum absolute atomic E-state index is 0.0240. The summed E-state index contributed by atoms with van der Waals surface area (Å²) in [6, 6.07) is 9.00. The second-order valence-electron chi connectivity index (χ2n) is 6.54. The molecule has 0 aliphatic heterocycles. The predicted molar refractivity (Wildman–Crippen MR) is 111 cm³/mol. The molecule has 0 bridgehead atoms. The number of aryl methyl sites for hydroxylation is 1. The lowest BCUT2D eigenvalue weighted by Gasteiger charge is -2.14. The highest BCUT2D eigenvalue weighted by Crippen LogP contribution is 2.38. The fourth-order valence-corrected chi connectivity index (χ4v) is 3.75. The van der Waals surface area contributed by atoms with Crippen molar-refractivity contribution >= 4 is 34.9 Å². The summed E-state index contributed by atoms with van der Waals surface area (Å²) in [5.41, 5.74) is 5.51. The van der Waals surface area contributed by atoms with Crippen LogP contribution >= 0.6 is 11.8 Å². The Kier molecular flexibility index (Phi) is 6.41. The number of pyridine rings is 1. The van der Waals surface area contributed by atoms with E-state index in [1.807, 2.05) is 12.1 Å². The molecule has 14 heteroatoms. The number of hydrogen-bond donors (Lipinski definition) is 2. The fourth-order valence-electron chi connectivity index (χ4n) is 2.83. The third-order valence-corrected chi connectivity index (χ3v) is 5.51. The summed E-state index contributed by atoms with van der Waals surface area (Å²) in [7, 11) is 1.40. The van der Waals surface area contributed by atoms with Crippen LogP contribution in [0.2, 0.25) is 0 Å². The van der Waals surface area contributed by atoms with E-state index >= 15 is 0 Å². The van der Waals surface area contributed by atoms with Crippen molar-refractivity contribution in [2.45, 2.75) is 17.2 Å². The molecule has 0 aliphatic carbocycles. The number of nitriles is 2. The molecule has 2 aromatic heterocycles. The molecule has 1 amide bonds. The molecule has 0 spiro atoms. The number of nitrogens with two attached hydrogens (primary N) is 1. The zero-order valence-corrected chi connectivity index (χ0v) is 17.9. The molecule has 0 aliphatic rings. The number of benzene rings is 1. The van der Waals surface area contributed by atoms with Gasteiger partial charge in [-0.3, -0.25) is 14.9 Å². The third-order valence-electron chi connectivity index (χ3n) is 4.42. The van der Waals surface area contributed by atoms with Crippen molar-refractivity contribution in [1.82, 2.24) is 10.3 Å². The van der Waals surface area contributed by atoms with Crippen molar-refractivity contribution in [3.63, 3.8) is 0 Å². The van der Waals surface area contributed by atoms with E-state index in [9.17, 15) is 30.5 Å². The molecular formula is C19H14N8O5S. The second kappa shape index (κ2) is 9.21. The van der Waals surface area contributed by atoms with Crippen molar-refractivity contribution in [3.8, 4) is 29.3 Å². The summed E-state index contributed by atoms with van der Waals surface area (Å²) in [5, 5.41) is 47.5. The molecular weight excluding hydrogens is 452 g/mol. The maximum atomic E-state index is 12.6. The predicted octanol–water partition coefficient (Wildman–Crippen LogP) is 0.988. The summed E-state index contributed by atoms with van der Waals surface area (Å²) in [6.45, 7) is 1.54. The van der Waals surface area contributed by atoms with Crippen LogP contribution in [0, 0.1) is 32.8 Å². The van der Waals surface area contributed by atoms with E-state index in [1.54, 1.807) is 6.92 Å². The standard InChI is InChI=1S/C19H14N8O5S/c1-9(17(28)23-10-3-5-11(6-4-10)27(30)31)33-18-13(8-21)14(12(7-20)16(22)24-18)15-19(29)32-25-26(15)2/h3-6,9H,1-2H3,(H3-,22,23,24,25,28,29). The first kappa shape index (κ1) is 23.0. The normalized spacial score (nSPS) is 11.3. The lowest BCUT2D eigenvalue weighted by Crippen LogP contribution is -2.32. The Morgan fingerprint density at radius 1 is 1.30 bits per heavy atom. The van der Waals surface area contributed by atoms with E-state index < -0.39 is 22.0 Å². The first-order valence-electron chi connectivity index (χ1n) is 9.06. The molecule has 3 N–H and O–H groups in total. The zero-order chi connectivity index (χ0) is 24.3. The van der Waals surface area contributed by atoms with E-state index in [4.69, 9.17) is 5.73 Å². The number of nitrogens with one attached hydrogen (secondary N) is 1. The van der Waals surface area contributed by atoms with Crippen LogP contribution < -0.4 is 20.8 Å². The number of aromatic nitrogens is 3. The lowest BCUT2D eigenvalue weighted by atomic mass is 10.0. The Hall–Kier alpha value is -4.69. The number of amides is 1. The zero-order valence-electron chi connectivity index (χ0n) is 17.1. The Balaban J connectivity index is 1.95. The van der Waals surface area contributed by atoms with Gasteiger partial charge in [0.25, 0.3) is 11.4 Å². The number of hydrogen-bond acceptors (Lipinski definition) is 11. The Morgan fingerprint density at radius 3 is 2.45 bits per heavy atom. The van der Waals surface area contributed by atoms with Gasteiger partial charge in [0.2, 0.25) is 5.91 Å². The monoisotopic (exact) mass is 466 g/mol. The number of nitro groups is 1. The van der Waals surface area contributed by atoms with E-state index in [0.717, 1.165) is 16.4 Å². The van der Waals surface area contributed by atoms with Crippen LogP contribution in [-0.4, -0.2) is 26.3 Å². The minimum atomic E-state index is -0.879. The number of nitro benzene ring substituents is 1. The number of carbonyl (C=O) groups is 1. The molecule has 0 radical (unpaired) electrons. The van der Waals surface area contributed by atoms with Crippen LogP contribution in [0.4, 0.5) is 17.2 Å². The van der Waals surface area contributed by atoms with Crippen molar-refractivity contribution in [2.75, 3.05) is 11.1 Å². The highest BCUT2D eigenvalue weighted by Gasteiger charge is 2.30. The molecule has 0 saturated heterocycles. The average molecular weight is 466 g/mol. The SMILES string of the molecule is CC(Sc1nc(N)c(C#N)c(-c2c([O-])on[n+]2C)c1C#N)C(=O)Nc1ccc([N+](=O)[O-])cc1. The molecule has 3 rings (SSSR count). The van der Waals surface area contributed by atoms with Gasteiger partial charge in [-0.1, -0.05) is 16.4 Å². The molecule has 1 aromatic carbocycles. The maximum Gasteiger partial charge on any atom is 0.269 e. The van der Waals surface area contributed by atoms with Gasteiger partial charge in [-0.25, -0.2) is 4.98 Å². The van der Waals surface area contributed by atoms with E-state index in [1.165, 1.54) is 31.3 Å². The fraction of sp³-hybridized carbons (Fsp3) is 0.158. The molecule has 166 valence electrons. The van der Waals surface area contributed by atoms with Gasteiger partial charge in [0.1, 0.15) is 28.5 Å². The Labute approximate surface area is 190 Å². The van der Waals surface area contributed by atoms with Gasteiger partial charge >= 0.3 is 0 Å². The quantitative estimate of drug-likeness (QED) is 0.226. The third kappa shape index (κ3) is 4.51. The summed E-state index contributed by atoms with van der Waals surface area (Å²) < 4.78 is 5.67. The van der Waals surface area contributed by atoms with Gasteiger partial charge in [0.15, 0.2) is 13.0 Å². The van der Waals surface area contributed by atoms with Crippen molar-refractivity contribution < 1.29 is 24.0 Å². The Bertz CT molecular complexity index is 1320. The van der Waals surface area contributed by atoms with Gasteiger partial charge in [-0.2, -0.15) is 10.5 Å². The van der Waals surface area contributed by atoms with E-state index in [2.05, 4.69) is 20.1 Å². The van der Waals surface area contributed by atoms with Gasteiger partial charge in [-0.15, -0.1) is 0 Å². The molecule has 0 fully saturated rings.